The van der Waals surface area contributed by atoms with E-state index in [1.165, 1.54) is 49.1 Å². The van der Waals surface area contributed by atoms with Gasteiger partial charge in [0.2, 0.25) is 11.8 Å². The molecule has 1 fully saturated rings. The quantitative estimate of drug-likeness (QED) is 0.0454. The number of aromatic nitrogens is 22. The van der Waals surface area contributed by atoms with Crippen molar-refractivity contribution in [2.24, 2.45) is 0 Å². The zero-order valence-corrected chi connectivity index (χ0v) is 70.0. The smallest absolute Gasteiger partial charge is 0.251 e. The molecule has 1 aliphatic rings. The Balaban J connectivity index is 0.000000112. The summed E-state index contributed by atoms with van der Waals surface area (Å²) in [5, 5.41) is 88.5. The first-order chi connectivity index (χ1) is 61.0. The summed E-state index contributed by atoms with van der Waals surface area (Å²) in [4.78, 5) is 43.7. The third-order valence-corrected chi connectivity index (χ3v) is 22.7. The Morgan fingerprint density at radius 1 is 0.468 bits per heavy atom. The number of piperidine rings is 1. The van der Waals surface area contributed by atoms with Crippen molar-refractivity contribution in [1.82, 2.24) is 127 Å². The molecule has 21 rings (SSSR count). The molecule has 0 aliphatic carbocycles. The normalized spacial score (nSPS) is 13.3. The number of aliphatic hydroxyl groups is 1. The SMILES string of the molecule is CC(O)CNC(=O)c1ccc2[nH]nc(-c3ccc(F)cc3)c2c1.CN1C(C)(C)CC(NC(=O)c2cccc(-c3n[nH]c4ccc(-c5ncn[nH]5)cc34)c2)CC1(C)C.Cc1nnc(-c2ccc3[nH]nc(-c4ccc(F)cc4)c3c2)o1.Cc1nnc(-c2ccc3[nH]nc(-c4ccc(F)cc4)c3c2)s1.c1cc(-c2ncc[nH]2)cc(-c2n[nH]c3ccc(-c4ncn[nH]4)cc23)c1. The summed E-state index contributed by atoms with van der Waals surface area (Å²) in [6, 6.07) is 63.5. The maximum Gasteiger partial charge on any atom is 0.251 e. The number of nitrogens with one attached hydrogen (secondary N) is 10. The van der Waals surface area contributed by atoms with Crippen molar-refractivity contribution in [3.05, 3.63) is 277 Å². The minimum absolute atomic E-state index is 0.0106. The van der Waals surface area contributed by atoms with Crippen LogP contribution in [-0.2, 0) is 0 Å². The summed E-state index contributed by atoms with van der Waals surface area (Å²) in [6.45, 7) is 14.4. The summed E-state index contributed by atoms with van der Waals surface area (Å²) in [5.41, 5.74) is 18.7. The number of aromatic amines is 8. The Morgan fingerprint density at radius 2 is 0.889 bits per heavy atom. The number of halogens is 3. The van der Waals surface area contributed by atoms with E-state index in [9.17, 15) is 27.9 Å². The second kappa shape index (κ2) is 35.5. The summed E-state index contributed by atoms with van der Waals surface area (Å²) < 4.78 is 44.7. The Kier molecular flexibility index (Phi) is 23.3. The lowest BCUT2D eigenvalue weighted by atomic mass is 9.77. The predicted octanol–water partition coefficient (Wildman–Crippen LogP) is 18.2. The van der Waals surface area contributed by atoms with E-state index in [2.05, 4.69) is 174 Å². The first-order valence-corrected chi connectivity index (χ1v) is 41.0. The van der Waals surface area contributed by atoms with E-state index in [0.717, 1.165) is 167 Å². The van der Waals surface area contributed by atoms with Gasteiger partial charge in [-0.25, -0.2) is 28.1 Å². The largest absolute Gasteiger partial charge is 0.421 e. The summed E-state index contributed by atoms with van der Waals surface area (Å²) in [7, 11) is 2.17. The number of hydrogen-bond donors (Lipinski definition) is 11. The van der Waals surface area contributed by atoms with Crippen LogP contribution in [0.15, 0.2) is 242 Å². The molecule has 10 aromatic heterocycles. The highest BCUT2D eigenvalue weighted by Gasteiger charge is 2.43. The van der Waals surface area contributed by atoms with Gasteiger partial charge in [0.15, 0.2) is 11.6 Å². The maximum atomic E-state index is 13.2. The third kappa shape index (κ3) is 18.2. The van der Waals surface area contributed by atoms with E-state index in [4.69, 9.17) is 4.42 Å². The minimum atomic E-state index is -0.605. The molecule has 126 heavy (non-hydrogen) atoms. The number of fused-ring (bicyclic) bond motifs is 5. The first kappa shape index (κ1) is 82.7. The van der Waals surface area contributed by atoms with Crippen molar-refractivity contribution in [1.29, 1.82) is 0 Å². The van der Waals surface area contributed by atoms with Crippen LogP contribution in [0.5, 0.6) is 0 Å². The van der Waals surface area contributed by atoms with Crippen molar-refractivity contribution in [2.45, 2.75) is 84.5 Å². The van der Waals surface area contributed by atoms with E-state index in [1.807, 2.05) is 122 Å². The molecule has 1 atom stereocenters. The monoisotopic (exact) mass is 1700 g/mol. The molecule has 1 unspecified atom stereocenters. The molecule has 1 aliphatic heterocycles. The molecule has 0 spiro atoms. The molecule has 2 amide bonds. The number of rotatable bonds is 15. The van der Waals surface area contributed by atoms with Crippen LogP contribution in [0, 0.1) is 31.3 Å². The predicted molar refractivity (Wildman–Crippen MR) is 478 cm³/mol. The lowest BCUT2D eigenvalue weighted by Crippen LogP contribution is -2.62. The number of aryl methyl sites for hydroxylation is 2. The van der Waals surface area contributed by atoms with Crippen LogP contribution in [0.1, 0.15) is 79.1 Å². The Bertz CT molecular complexity index is 7040. The molecule has 1 saturated heterocycles. The van der Waals surface area contributed by atoms with Crippen LogP contribution in [0.4, 0.5) is 13.2 Å². The Morgan fingerprint density at radius 3 is 1.34 bits per heavy atom. The molecular formula is C93H82F3N25O4S. The number of aliphatic hydroxyl groups excluding tert-OH is 1. The van der Waals surface area contributed by atoms with E-state index in [-0.39, 0.29) is 52.9 Å². The number of benzene rings is 10. The molecule has 0 bridgehead atoms. The van der Waals surface area contributed by atoms with Gasteiger partial charge in [-0.1, -0.05) is 41.7 Å². The fraction of sp³-hybridized carbons (Fsp3) is 0.161. The topological polar surface area (TPSA) is 402 Å². The number of hydrogen-bond acceptors (Lipinski definition) is 20. The number of imidazole rings is 1. The number of H-pyrrole nitrogens is 8. The van der Waals surface area contributed by atoms with Crippen molar-refractivity contribution in [2.75, 3.05) is 13.6 Å². The van der Waals surface area contributed by atoms with Crippen LogP contribution in [0.3, 0.4) is 0 Å². The lowest BCUT2D eigenvalue weighted by Gasteiger charge is -2.53. The number of carbonyl (C=O) groups is 2. The van der Waals surface area contributed by atoms with E-state index < -0.39 is 6.10 Å². The van der Waals surface area contributed by atoms with Crippen molar-refractivity contribution in [3.63, 3.8) is 0 Å². The van der Waals surface area contributed by atoms with Crippen molar-refractivity contribution >= 4 is 77.7 Å². The van der Waals surface area contributed by atoms with Crippen molar-refractivity contribution < 1.29 is 32.3 Å². The molecular weight excluding hydrogens is 1620 g/mol. The van der Waals surface area contributed by atoms with Crippen LogP contribution >= 0.6 is 11.3 Å². The summed E-state index contributed by atoms with van der Waals surface area (Å²) >= 11 is 1.55. The second-order valence-electron chi connectivity index (χ2n) is 31.5. The number of nitrogens with zero attached hydrogens (tertiary/aromatic N) is 15. The summed E-state index contributed by atoms with van der Waals surface area (Å²) in [6.07, 6.45) is 7.77. The first-order valence-electron chi connectivity index (χ1n) is 40.2. The molecule has 630 valence electrons. The van der Waals surface area contributed by atoms with Crippen LogP contribution in [0.25, 0.3) is 167 Å². The lowest BCUT2D eigenvalue weighted by molar-refractivity contribution is -0.0169. The highest BCUT2D eigenvalue weighted by atomic mass is 32.1. The molecule has 10 aromatic carbocycles. The molecule has 11 heterocycles. The van der Waals surface area contributed by atoms with Gasteiger partial charge in [-0.05, 0) is 243 Å². The standard InChI is InChI=1S/C26H31N7O.C18H13N7.C17H16FN3O2.C16H11FN4O.C16H11FN4S/c1-25(2)13-19(14-26(3,4)33(25)5)29-24(34)18-8-6-7-16(11-18)22-20-12-17(23-27-15-28-32-23)9-10-21(20)30-31-22;1-2-11(8-12(3-1)17-19-6-7-20-17)16-14-9-13(18-21-10-22-25-18)4-5-15(14)23-24-16;1-10(22)9-19-17(23)12-4-7-15-14(8-12)16(21-20-15)11-2-5-13(18)6-3-11;2*1-9-18-21-16(22-9)11-4-7-14-13(8-11)15(20-19-14)10-2-5-12(17)6-3-10/h6-12,15,19H,13-14H2,1-5H3,(H,29,34)(H,30,31)(H,27,28,32);1-10H,(H,19,20)(H,23,24)(H,21,22,25);2-8,10,22H,9H2,1H3,(H,19,23)(H,20,21);2*2-8H,1H3,(H,19,20). The highest BCUT2D eigenvalue weighted by molar-refractivity contribution is 7.14. The van der Waals surface area contributed by atoms with E-state index >= 15 is 0 Å². The Labute approximate surface area is 720 Å². The van der Waals surface area contributed by atoms with Gasteiger partial charge in [-0.3, -0.25) is 50.2 Å². The van der Waals surface area contributed by atoms with Gasteiger partial charge < -0.3 is 25.1 Å². The second-order valence-corrected chi connectivity index (χ2v) is 32.7. The van der Waals surface area contributed by atoms with Gasteiger partial charge >= 0.3 is 0 Å². The zero-order chi connectivity index (χ0) is 87.3. The average Bonchev–Trinajstić information content (AvgIpc) is 1.25. The molecule has 0 saturated carbocycles. The van der Waals surface area contributed by atoms with Crippen molar-refractivity contribution in [3.8, 4) is 112 Å². The highest BCUT2D eigenvalue weighted by Crippen LogP contribution is 2.40. The molecule has 11 N–H and O–H groups in total. The number of amides is 2. The van der Waals surface area contributed by atoms with Gasteiger partial charge in [0, 0.05) is 137 Å². The molecule has 29 nitrogen and oxygen atoms in total. The molecule has 20 aromatic rings. The van der Waals surface area contributed by atoms with Gasteiger partial charge in [-0.2, -0.15) is 35.7 Å². The number of likely N-dealkylation sites (tertiary alicyclic amines) is 1. The third-order valence-electron chi connectivity index (χ3n) is 21.9. The summed E-state index contributed by atoms with van der Waals surface area (Å²) in [5.74, 6) is 2.09. The fourth-order valence-corrected chi connectivity index (χ4v) is 16.0. The van der Waals surface area contributed by atoms with Crippen LogP contribution in [0.2, 0.25) is 0 Å². The van der Waals surface area contributed by atoms with Gasteiger partial charge in [0.25, 0.3) is 11.8 Å². The fourth-order valence-electron chi connectivity index (χ4n) is 15.3. The molecule has 33 heteroatoms. The molecule has 0 radical (unpaired) electrons. The minimum Gasteiger partial charge on any atom is -0.421 e. The van der Waals surface area contributed by atoms with Crippen LogP contribution in [-0.4, -0.2) is 170 Å². The maximum absolute atomic E-state index is 13.2. The average molecular weight is 1700 g/mol. The van der Waals surface area contributed by atoms with Gasteiger partial charge in [0.05, 0.1) is 62.2 Å². The van der Waals surface area contributed by atoms with Gasteiger partial charge in [0.1, 0.15) is 45.9 Å². The Hall–Kier alpha value is -15.6. The van der Waals surface area contributed by atoms with Gasteiger partial charge in [-0.15, -0.1) is 20.4 Å². The van der Waals surface area contributed by atoms with E-state index in [1.54, 1.807) is 86.0 Å². The van der Waals surface area contributed by atoms with Crippen LogP contribution < -0.4 is 10.6 Å². The zero-order valence-electron chi connectivity index (χ0n) is 69.2. The van der Waals surface area contributed by atoms with E-state index in [0.29, 0.717) is 34.4 Å². The number of carbonyl (C=O) groups excluding carboxylic acids is 2.